The number of hydrogen-bond donors (Lipinski definition) is 1. The monoisotopic (exact) mass is 281 g/mol. The van der Waals surface area contributed by atoms with Crippen molar-refractivity contribution in [1.29, 1.82) is 0 Å². The van der Waals surface area contributed by atoms with Gasteiger partial charge in [0.2, 0.25) is 5.91 Å². The minimum atomic E-state index is -0.484. The highest BCUT2D eigenvalue weighted by Gasteiger charge is 2.43. The van der Waals surface area contributed by atoms with Crippen LogP contribution in [0.5, 0.6) is 0 Å². The van der Waals surface area contributed by atoms with Crippen molar-refractivity contribution in [3.8, 4) is 0 Å². The van der Waals surface area contributed by atoms with Crippen molar-refractivity contribution in [1.82, 2.24) is 4.98 Å². The number of carbonyl (C=O) groups excluding carboxylic acids is 1. The van der Waals surface area contributed by atoms with Gasteiger partial charge in [-0.05, 0) is 37.1 Å². The van der Waals surface area contributed by atoms with Crippen LogP contribution >= 0.6 is 0 Å². The van der Waals surface area contributed by atoms with Gasteiger partial charge in [0.05, 0.1) is 17.7 Å². The number of amides is 1. The molecule has 108 valence electrons. The first-order valence-electron chi connectivity index (χ1n) is 7.10. The summed E-state index contributed by atoms with van der Waals surface area (Å²) in [4.78, 5) is 18.9. The summed E-state index contributed by atoms with van der Waals surface area (Å²) < 4.78 is 0. The molecule has 0 saturated carbocycles. The van der Waals surface area contributed by atoms with Crippen molar-refractivity contribution in [2.45, 2.75) is 32.4 Å². The predicted molar refractivity (Wildman–Crippen MR) is 82.8 cm³/mol. The van der Waals surface area contributed by atoms with Crippen molar-refractivity contribution in [2.24, 2.45) is 5.73 Å². The van der Waals surface area contributed by atoms with E-state index >= 15 is 0 Å². The number of pyridine rings is 1. The Morgan fingerprint density at radius 3 is 2.71 bits per heavy atom. The molecule has 2 heterocycles. The first kappa shape index (κ1) is 13.8. The molecule has 3 rings (SSSR count). The van der Waals surface area contributed by atoms with E-state index in [9.17, 15) is 4.79 Å². The second kappa shape index (κ2) is 4.97. The Kier molecular flexibility index (Phi) is 3.26. The summed E-state index contributed by atoms with van der Waals surface area (Å²) in [6.45, 7) is 4.84. The highest BCUT2D eigenvalue weighted by Crippen LogP contribution is 2.41. The predicted octanol–water partition coefficient (Wildman–Crippen LogP) is 2.36. The summed E-state index contributed by atoms with van der Waals surface area (Å²) in [6, 6.07) is 11.8. The Morgan fingerprint density at radius 2 is 1.95 bits per heavy atom. The summed E-state index contributed by atoms with van der Waals surface area (Å²) in [7, 11) is 0. The van der Waals surface area contributed by atoms with Crippen LogP contribution in [0.15, 0.2) is 42.6 Å². The van der Waals surface area contributed by atoms with E-state index < -0.39 is 5.41 Å². The zero-order chi connectivity index (χ0) is 15.0. The van der Waals surface area contributed by atoms with Gasteiger partial charge >= 0.3 is 0 Å². The normalized spacial score (nSPS) is 16.1. The SMILES string of the molecule is CC1(C)C(=O)N(Cc2cccnc2CN)c2ccccc21. The van der Waals surface area contributed by atoms with Gasteiger partial charge < -0.3 is 10.6 Å². The third-order valence-electron chi connectivity index (χ3n) is 4.15. The molecule has 0 radical (unpaired) electrons. The summed E-state index contributed by atoms with van der Waals surface area (Å²) in [5, 5.41) is 0. The molecule has 4 heteroatoms. The average molecular weight is 281 g/mol. The van der Waals surface area contributed by atoms with Gasteiger partial charge in [-0.15, -0.1) is 0 Å². The molecule has 0 fully saturated rings. The molecule has 0 aliphatic carbocycles. The van der Waals surface area contributed by atoms with E-state index in [0.29, 0.717) is 13.1 Å². The molecule has 2 N–H and O–H groups in total. The molecule has 2 aromatic rings. The molecule has 0 spiro atoms. The summed E-state index contributed by atoms with van der Waals surface area (Å²) >= 11 is 0. The molecule has 0 atom stereocenters. The summed E-state index contributed by atoms with van der Waals surface area (Å²) in [5.41, 5.74) is 9.16. The lowest BCUT2D eigenvalue weighted by molar-refractivity contribution is -0.122. The number of fused-ring (bicyclic) bond motifs is 1. The van der Waals surface area contributed by atoms with Gasteiger partial charge in [-0.1, -0.05) is 24.3 Å². The number of nitrogens with zero attached hydrogens (tertiary/aromatic N) is 2. The molecule has 1 amide bonds. The lowest BCUT2D eigenvalue weighted by Crippen LogP contribution is -2.36. The van der Waals surface area contributed by atoms with Gasteiger partial charge in [-0.2, -0.15) is 0 Å². The molecule has 0 bridgehead atoms. The van der Waals surface area contributed by atoms with Crippen molar-refractivity contribution in [3.63, 3.8) is 0 Å². The third kappa shape index (κ3) is 2.12. The molecule has 21 heavy (non-hydrogen) atoms. The van der Waals surface area contributed by atoms with Gasteiger partial charge in [-0.25, -0.2) is 0 Å². The molecule has 0 unspecified atom stereocenters. The van der Waals surface area contributed by atoms with Crippen LogP contribution in [0.25, 0.3) is 0 Å². The Morgan fingerprint density at radius 1 is 1.19 bits per heavy atom. The van der Waals surface area contributed by atoms with Gasteiger partial charge in [0.15, 0.2) is 0 Å². The lowest BCUT2D eigenvalue weighted by atomic mass is 9.86. The molecule has 1 aliphatic heterocycles. The molecule has 1 aromatic carbocycles. The number of carbonyl (C=O) groups is 1. The van der Waals surface area contributed by atoms with Crippen LogP contribution in [-0.4, -0.2) is 10.9 Å². The molecule has 1 aromatic heterocycles. The van der Waals surface area contributed by atoms with Gasteiger partial charge in [0.1, 0.15) is 0 Å². The van der Waals surface area contributed by atoms with Crippen LogP contribution in [0.3, 0.4) is 0 Å². The maximum atomic E-state index is 12.8. The fourth-order valence-electron chi connectivity index (χ4n) is 2.93. The van der Waals surface area contributed by atoms with Gasteiger partial charge in [0.25, 0.3) is 0 Å². The molecule has 0 saturated heterocycles. The second-order valence-corrected chi connectivity index (χ2v) is 5.85. The van der Waals surface area contributed by atoms with E-state index in [-0.39, 0.29) is 5.91 Å². The highest BCUT2D eigenvalue weighted by atomic mass is 16.2. The number of nitrogens with two attached hydrogens (primary N) is 1. The van der Waals surface area contributed by atoms with Crippen LogP contribution in [-0.2, 0) is 23.3 Å². The summed E-state index contributed by atoms with van der Waals surface area (Å²) in [6.07, 6.45) is 1.73. The standard InChI is InChI=1S/C17H19N3O/c1-17(2)13-7-3-4-8-15(13)20(16(17)21)11-12-6-5-9-19-14(12)10-18/h3-9H,10-11,18H2,1-2H3. The molecule has 1 aliphatic rings. The van der Waals surface area contributed by atoms with Crippen LogP contribution in [0.1, 0.15) is 30.7 Å². The Balaban J connectivity index is 2.02. The fraction of sp³-hybridized carbons (Fsp3) is 0.294. The van der Waals surface area contributed by atoms with E-state index in [4.69, 9.17) is 5.73 Å². The van der Waals surface area contributed by atoms with Crippen molar-refractivity contribution >= 4 is 11.6 Å². The van der Waals surface area contributed by atoms with E-state index in [1.165, 1.54) is 0 Å². The number of benzene rings is 1. The van der Waals surface area contributed by atoms with Crippen LogP contribution in [0.2, 0.25) is 0 Å². The fourth-order valence-corrected chi connectivity index (χ4v) is 2.93. The Labute approximate surface area is 124 Å². The third-order valence-corrected chi connectivity index (χ3v) is 4.15. The molecule has 4 nitrogen and oxygen atoms in total. The Bertz CT molecular complexity index is 694. The Hall–Kier alpha value is -2.20. The van der Waals surface area contributed by atoms with E-state index in [0.717, 1.165) is 22.5 Å². The number of hydrogen-bond acceptors (Lipinski definition) is 3. The van der Waals surface area contributed by atoms with Crippen LogP contribution in [0, 0.1) is 0 Å². The van der Waals surface area contributed by atoms with Crippen LogP contribution in [0.4, 0.5) is 5.69 Å². The summed E-state index contributed by atoms with van der Waals surface area (Å²) in [5.74, 6) is 0.121. The van der Waals surface area contributed by atoms with Crippen molar-refractivity contribution < 1.29 is 4.79 Å². The second-order valence-electron chi connectivity index (χ2n) is 5.85. The molecular weight excluding hydrogens is 262 g/mol. The maximum Gasteiger partial charge on any atom is 0.237 e. The minimum Gasteiger partial charge on any atom is -0.325 e. The van der Waals surface area contributed by atoms with Gasteiger partial charge in [0, 0.05) is 18.4 Å². The largest absolute Gasteiger partial charge is 0.325 e. The van der Waals surface area contributed by atoms with E-state index in [1.54, 1.807) is 6.20 Å². The average Bonchev–Trinajstić information content (AvgIpc) is 2.69. The lowest BCUT2D eigenvalue weighted by Gasteiger charge is -2.21. The first-order valence-corrected chi connectivity index (χ1v) is 7.10. The van der Waals surface area contributed by atoms with Crippen molar-refractivity contribution in [3.05, 3.63) is 59.4 Å². The number of rotatable bonds is 3. The number of para-hydroxylation sites is 1. The highest BCUT2D eigenvalue weighted by molar-refractivity contribution is 6.07. The minimum absolute atomic E-state index is 0.121. The number of anilines is 1. The van der Waals surface area contributed by atoms with Gasteiger partial charge in [-0.3, -0.25) is 9.78 Å². The zero-order valence-corrected chi connectivity index (χ0v) is 12.3. The first-order chi connectivity index (χ1) is 10.1. The van der Waals surface area contributed by atoms with E-state index in [2.05, 4.69) is 4.98 Å². The topological polar surface area (TPSA) is 59.2 Å². The van der Waals surface area contributed by atoms with Crippen molar-refractivity contribution in [2.75, 3.05) is 4.90 Å². The number of aromatic nitrogens is 1. The quantitative estimate of drug-likeness (QED) is 0.939. The van der Waals surface area contributed by atoms with Crippen LogP contribution < -0.4 is 10.6 Å². The molecular formula is C17H19N3O. The smallest absolute Gasteiger partial charge is 0.237 e. The van der Waals surface area contributed by atoms with E-state index in [1.807, 2.05) is 55.1 Å². The zero-order valence-electron chi connectivity index (χ0n) is 12.3. The maximum absolute atomic E-state index is 12.8.